The molecule has 2 amide bonds. The molecule has 0 spiro atoms. The van der Waals surface area contributed by atoms with E-state index in [-0.39, 0.29) is 34.2 Å². The van der Waals surface area contributed by atoms with Crippen LogP contribution in [0.2, 0.25) is 0 Å². The Kier molecular flexibility index (Phi) is 9.55. The third-order valence-corrected chi connectivity index (χ3v) is 8.17. The summed E-state index contributed by atoms with van der Waals surface area (Å²) in [5, 5.41) is 12.2. The Morgan fingerprint density at radius 2 is 1.87 bits per heavy atom. The van der Waals surface area contributed by atoms with Crippen molar-refractivity contribution in [2.24, 2.45) is 0 Å². The molecule has 1 N–H and O–H groups in total. The Morgan fingerprint density at radius 3 is 2.50 bits per heavy atom. The highest BCUT2D eigenvalue weighted by molar-refractivity contribution is 7.99. The number of anilines is 1. The first-order valence-corrected chi connectivity index (χ1v) is 13.8. The van der Waals surface area contributed by atoms with E-state index < -0.39 is 5.97 Å². The minimum Gasteiger partial charge on any atom is -0.482 e. The monoisotopic (exact) mass is 559 g/mol. The van der Waals surface area contributed by atoms with Crippen LogP contribution in [0.15, 0.2) is 23.4 Å². The number of aromatic nitrogens is 3. The minimum atomic E-state index is -0.618. The van der Waals surface area contributed by atoms with E-state index in [1.807, 2.05) is 50.5 Å². The maximum absolute atomic E-state index is 12.9. The van der Waals surface area contributed by atoms with Gasteiger partial charge in [0, 0.05) is 20.6 Å². The summed E-state index contributed by atoms with van der Waals surface area (Å²) in [4.78, 5) is 39.6. The lowest BCUT2D eigenvalue weighted by molar-refractivity contribution is -0.113. The summed E-state index contributed by atoms with van der Waals surface area (Å²) >= 11 is 2.28. The first-order chi connectivity index (χ1) is 18.0. The van der Waals surface area contributed by atoms with E-state index in [0.717, 1.165) is 28.2 Å². The number of carbonyl (C=O) groups excluding carboxylic acids is 3. The third-order valence-electron chi connectivity index (χ3n) is 6.01. The number of carbonyl (C=O) groups is 3. The van der Waals surface area contributed by atoms with Crippen molar-refractivity contribution in [3.05, 3.63) is 51.2 Å². The summed E-state index contributed by atoms with van der Waals surface area (Å²) in [5.74, 6) is 0.249. The summed E-state index contributed by atoms with van der Waals surface area (Å²) in [6.07, 6.45) is -0.351. The highest BCUT2D eigenvalue weighted by Crippen LogP contribution is 2.35. The fraction of sp³-hybridized carbons (Fsp3) is 0.423. The average molecular weight is 560 g/mol. The molecular weight excluding hydrogens is 526 g/mol. The predicted molar refractivity (Wildman–Crippen MR) is 148 cm³/mol. The van der Waals surface area contributed by atoms with Gasteiger partial charge >= 0.3 is 5.97 Å². The lowest BCUT2D eigenvalue weighted by Gasteiger charge is -2.17. The SMILES string of the molecule is CCn1c(SCC(=O)Nc2sc(C(=O)N(C)C)c(C)c2C(=O)OC)nnc1C(C)Oc1cccc(C)c1C. The van der Waals surface area contributed by atoms with Crippen LogP contribution in [-0.4, -0.2) is 64.4 Å². The van der Waals surface area contributed by atoms with Crippen LogP contribution in [0.3, 0.4) is 0 Å². The van der Waals surface area contributed by atoms with Crippen LogP contribution in [0.4, 0.5) is 5.00 Å². The maximum atomic E-state index is 12.9. The van der Waals surface area contributed by atoms with Gasteiger partial charge in [-0.15, -0.1) is 21.5 Å². The molecule has 0 saturated carbocycles. The van der Waals surface area contributed by atoms with E-state index in [9.17, 15) is 14.4 Å². The second-order valence-electron chi connectivity index (χ2n) is 8.83. The van der Waals surface area contributed by atoms with Gasteiger partial charge in [0.15, 0.2) is 17.1 Å². The van der Waals surface area contributed by atoms with E-state index in [4.69, 9.17) is 9.47 Å². The number of thiophene rings is 1. The Balaban J connectivity index is 1.74. The van der Waals surface area contributed by atoms with Gasteiger partial charge in [-0.25, -0.2) is 4.79 Å². The van der Waals surface area contributed by atoms with Crippen molar-refractivity contribution in [1.29, 1.82) is 0 Å². The van der Waals surface area contributed by atoms with Gasteiger partial charge in [-0.1, -0.05) is 23.9 Å². The molecule has 3 aromatic rings. The molecule has 12 heteroatoms. The number of thioether (sulfide) groups is 1. The molecule has 0 aliphatic heterocycles. The molecular formula is C26H33N5O5S2. The topological polar surface area (TPSA) is 116 Å². The van der Waals surface area contributed by atoms with E-state index >= 15 is 0 Å². The van der Waals surface area contributed by atoms with E-state index in [0.29, 0.717) is 28.0 Å². The second kappa shape index (κ2) is 12.4. The zero-order valence-electron chi connectivity index (χ0n) is 22.9. The van der Waals surface area contributed by atoms with Crippen LogP contribution in [0, 0.1) is 20.8 Å². The number of hydrogen-bond donors (Lipinski definition) is 1. The van der Waals surface area contributed by atoms with Gasteiger partial charge in [-0.3, -0.25) is 9.59 Å². The van der Waals surface area contributed by atoms with Crippen molar-refractivity contribution in [2.45, 2.75) is 52.4 Å². The molecule has 1 atom stereocenters. The predicted octanol–water partition coefficient (Wildman–Crippen LogP) is 4.64. The number of esters is 1. The normalized spacial score (nSPS) is 11.7. The van der Waals surface area contributed by atoms with Gasteiger partial charge in [-0.2, -0.15) is 0 Å². The Hall–Kier alpha value is -3.38. The van der Waals surface area contributed by atoms with Crippen molar-refractivity contribution in [1.82, 2.24) is 19.7 Å². The number of benzene rings is 1. The van der Waals surface area contributed by atoms with Gasteiger partial charge < -0.3 is 24.3 Å². The van der Waals surface area contributed by atoms with Crippen LogP contribution in [0.5, 0.6) is 5.75 Å². The standard InChI is InChI=1S/C26H33N5O5S2/c1-9-31-22(17(5)36-18-12-10-11-14(2)15(18)3)28-29-26(31)37-13-19(32)27-23-20(25(34)35-8)16(4)21(38-23)24(33)30(6)7/h10-12,17H,9,13H2,1-8H3,(H,27,32). The van der Waals surface area contributed by atoms with Gasteiger partial charge in [0.25, 0.3) is 5.91 Å². The average Bonchev–Trinajstić information content (AvgIpc) is 3.44. The summed E-state index contributed by atoms with van der Waals surface area (Å²) < 4.78 is 13.0. The number of nitrogens with one attached hydrogen (secondary N) is 1. The number of aryl methyl sites for hydroxylation is 1. The van der Waals surface area contributed by atoms with Crippen LogP contribution >= 0.6 is 23.1 Å². The number of hydrogen-bond acceptors (Lipinski definition) is 9. The molecule has 0 saturated heterocycles. The van der Waals surface area contributed by atoms with Crippen LogP contribution < -0.4 is 10.1 Å². The summed E-state index contributed by atoms with van der Waals surface area (Å²) in [7, 11) is 4.51. The van der Waals surface area contributed by atoms with Gasteiger partial charge in [0.05, 0.1) is 23.3 Å². The maximum Gasteiger partial charge on any atom is 0.341 e. The molecule has 3 rings (SSSR count). The highest BCUT2D eigenvalue weighted by atomic mass is 32.2. The number of nitrogens with zero attached hydrogens (tertiary/aromatic N) is 4. The third kappa shape index (κ3) is 6.18. The zero-order valence-corrected chi connectivity index (χ0v) is 24.5. The number of amides is 2. The van der Waals surface area contributed by atoms with Gasteiger partial charge in [0.2, 0.25) is 5.91 Å². The Labute approximate surface area is 230 Å². The fourth-order valence-electron chi connectivity index (χ4n) is 3.75. The van der Waals surface area contributed by atoms with Crippen molar-refractivity contribution in [3.63, 3.8) is 0 Å². The van der Waals surface area contributed by atoms with Crippen LogP contribution in [-0.2, 0) is 16.1 Å². The van der Waals surface area contributed by atoms with Crippen LogP contribution in [0.25, 0.3) is 0 Å². The lowest BCUT2D eigenvalue weighted by atomic mass is 10.1. The minimum absolute atomic E-state index is 0.0267. The largest absolute Gasteiger partial charge is 0.482 e. The van der Waals surface area contributed by atoms with Crippen molar-refractivity contribution in [2.75, 3.05) is 32.3 Å². The molecule has 204 valence electrons. The summed E-state index contributed by atoms with van der Waals surface area (Å²) in [5.41, 5.74) is 2.86. The molecule has 1 aromatic carbocycles. The Bertz CT molecular complexity index is 1350. The smallest absolute Gasteiger partial charge is 0.341 e. The Morgan fingerprint density at radius 1 is 1.16 bits per heavy atom. The van der Waals surface area contributed by atoms with Gasteiger partial charge in [-0.05, 0) is 57.4 Å². The molecule has 0 radical (unpaired) electrons. The summed E-state index contributed by atoms with van der Waals surface area (Å²) in [6, 6.07) is 5.92. The van der Waals surface area contributed by atoms with Crippen LogP contribution in [0.1, 0.15) is 62.5 Å². The number of ether oxygens (including phenoxy) is 2. The first-order valence-electron chi connectivity index (χ1n) is 12.0. The highest BCUT2D eigenvalue weighted by Gasteiger charge is 2.27. The molecule has 0 fully saturated rings. The van der Waals surface area contributed by atoms with Crippen molar-refractivity contribution >= 4 is 45.9 Å². The molecule has 2 heterocycles. The second-order valence-corrected chi connectivity index (χ2v) is 10.8. The van der Waals surface area contributed by atoms with E-state index in [1.54, 1.807) is 21.0 Å². The van der Waals surface area contributed by atoms with E-state index in [1.165, 1.54) is 23.8 Å². The first kappa shape index (κ1) is 29.2. The fourth-order valence-corrected chi connectivity index (χ4v) is 5.79. The molecule has 0 aliphatic carbocycles. The summed E-state index contributed by atoms with van der Waals surface area (Å²) in [6.45, 7) is 10.2. The molecule has 0 bridgehead atoms. The number of methoxy groups -OCH3 is 1. The quantitative estimate of drug-likeness (QED) is 0.282. The van der Waals surface area contributed by atoms with Gasteiger partial charge in [0.1, 0.15) is 10.8 Å². The lowest BCUT2D eigenvalue weighted by Crippen LogP contribution is -2.21. The van der Waals surface area contributed by atoms with E-state index in [2.05, 4.69) is 15.5 Å². The molecule has 10 nitrogen and oxygen atoms in total. The van der Waals surface area contributed by atoms with Crippen molar-refractivity contribution < 1.29 is 23.9 Å². The molecule has 0 aliphatic rings. The molecule has 1 unspecified atom stereocenters. The number of rotatable bonds is 10. The molecule has 38 heavy (non-hydrogen) atoms. The zero-order chi connectivity index (χ0) is 28.1. The molecule has 2 aromatic heterocycles. The van der Waals surface area contributed by atoms with Crippen molar-refractivity contribution in [3.8, 4) is 5.75 Å².